The second kappa shape index (κ2) is 4.83. The van der Waals surface area contributed by atoms with Crippen molar-refractivity contribution in [2.24, 2.45) is 0 Å². The van der Waals surface area contributed by atoms with Gasteiger partial charge in [0.05, 0.1) is 28.0 Å². The molecule has 2 heterocycles. The molecule has 0 aromatic carbocycles. The Labute approximate surface area is 96.8 Å². The first-order valence-corrected chi connectivity index (χ1v) is 6.37. The van der Waals surface area contributed by atoms with Gasteiger partial charge in [-0.1, -0.05) is 0 Å². The maximum absolute atomic E-state index is 5.03. The van der Waals surface area contributed by atoms with Crippen LogP contribution in [0.3, 0.4) is 0 Å². The van der Waals surface area contributed by atoms with Crippen LogP contribution in [0.25, 0.3) is 0 Å². The van der Waals surface area contributed by atoms with Crippen molar-refractivity contribution in [2.75, 3.05) is 7.11 Å². The predicted octanol–water partition coefficient (Wildman–Crippen LogP) is 2.65. The van der Waals surface area contributed by atoms with Crippen molar-refractivity contribution in [1.82, 2.24) is 9.97 Å². The number of hydrogen-bond acceptors (Lipinski definition) is 5. The minimum Gasteiger partial charge on any atom is -0.378 e. The fourth-order valence-electron chi connectivity index (χ4n) is 1.29. The SMILES string of the molecule is COCc1csc(Cc2csc(C)n2)n1. The Morgan fingerprint density at radius 1 is 1.20 bits per heavy atom. The number of methoxy groups -OCH3 is 1. The minimum absolute atomic E-state index is 0.590. The summed E-state index contributed by atoms with van der Waals surface area (Å²) in [7, 11) is 1.68. The monoisotopic (exact) mass is 240 g/mol. The molecule has 0 spiro atoms. The van der Waals surface area contributed by atoms with E-state index in [1.807, 2.05) is 12.3 Å². The fraction of sp³-hybridized carbons (Fsp3) is 0.400. The molecule has 0 amide bonds. The standard InChI is InChI=1S/C10H12N2OS2/c1-7-11-8(5-14-7)3-10-12-9(4-13-2)6-15-10/h5-6H,3-4H2,1-2H3. The van der Waals surface area contributed by atoms with Crippen LogP contribution in [0.4, 0.5) is 0 Å². The van der Waals surface area contributed by atoms with E-state index in [1.165, 1.54) is 0 Å². The highest BCUT2D eigenvalue weighted by molar-refractivity contribution is 7.10. The molecule has 0 N–H and O–H groups in total. The highest BCUT2D eigenvalue weighted by atomic mass is 32.1. The number of hydrogen-bond donors (Lipinski definition) is 0. The molecule has 2 rings (SSSR count). The summed E-state index contributed by atoms with van der Waals surface area (Å²) in [6, 6.07) is 0. The van der Waals surface area contributed by atoms with Crippen molar-refractivity contribution in [1.29, 1.82) is 0 Å². The van der Waals surface area contributed by atoms with E-state index >= 15 is 0 Å². The van der Waals surface area contributed by atoms with Gasteiger partial charge in [0.15, 0.2) is 0 Å². The number of aryl methyl sites for hydroxylation is 1. The summed E-state index contributed by atoms with van der Waals surface area (Å²) in [5.74, 6) is 0. The average molecular weight is 240 g/mol. The lowest BCUT2D eigenvalue weighted by atomic mass is 10.3. The van der Waals surface area contributed by atoms with Gasteiger partial charge in [-0.05, 0) is 6.92 Å². The van der Waals surface area contributed by atoms with Crippen molar-refractivity contribution in [3.8, 4) is 0 Å². The molecule has 0 atom stereocenters. The lowest BCUT2D eigenvalue weighted by Gasteiger charge is -1.92. The lowest BCUT2D eigenvalue weighted by molar-refractivity contribution is 0.182. The van der Waals surface area contributed by atoms with E-state index in [1.54, 1.807) is 29.8 Å². The molecule has 80 valence electrons. The van der Waals surface area contributed by atoms with Crippen molar-refractivity contribution >= 4 is 22.7 Å². The molecule has 2 aromatic rings. The fourth-order valence-corrected chi connectivity index (χ4v) is 2.70. The van der Waals surface area contributed by atoms with Gasteiger partial charge < -0.3 is 4.74 Å². The quantitative estimate of drug-likeness (QED) is 0.824. The molecule has 0 radical (unpaired) electrons. The number of aromatic nitrogens is 2. The van der Waals surface area contributed by atoms with Gasteiger partial charge in [-0.15, -0.1) is 22.7 Å². The van der Waals surface area contributed by atoms with E-state index in [9.17, 15) is 0 Å². The van der Waals surface area contributed by atoms with Crippen LogP contribution in [0, 0.1) is 6.92 Å². The molecule has 0 aliphatic rings. The zero-order chi connectivity index (χ0) is 10.7. The third-order valence-corrected chi connectivity index (χ3v) is 3.61. The third-order valence-electron chi connectivity index (χ3n) is 1.89. The van der Waals surface area contributed by atoms with Crippen LogP contribution >= 0.6 is 22.7 Å². The first-order chi connectivity index (χ1) is 7.28. The highest BCUT2D eigenvalue weighted by Crippen LogP contribution is 2.16. The molecule has 0 saturated heterocycles. The van der Waals surface area contributed by atoms with Gasteiger partial charge in [0.2, 0.25) is 0 Å². The zero-order valence-electron chi connectivity index (χ0n) is 8.69. The summed E-state index contributed by atoms with van der Waals surface area (Å²) in [5.41, 5.74) is 2.11. The Bertz CT molecular complexity index is 436. The van der Waals surface area contributed by atoms with Gasteiger partial charge >= 0.3 is 0 Å². The van der Waals surface area contributed by atoms with Gasteiger partial charge in [-0.3, -0.25) is 0 Å². The number of ether oxygens (including phenoxy) is 1. The second-order valence-corrected chi connectivity index (χ2v) is 5.21. The Kier molecular flexibility index (Phi) is 3.45. The van der Waals surface area contributed by atoms with Gasteiger partial charge in [0.1, 0.15) is 0 Å². The molecular weight excluding hydrogens is 228 g/mol. The smallest absolute Gasteiger partial charge is 0.0989 e. The molecule has 0 fully saturated rings. The van der Waals surface area contributed by atoms with E-state index < -0.39 is 0 Å². The van der Waals surface area contributed by atoms with Gasteiger partial charge in [0.25, 0.3) is 0 Å². The number of rotatable bonds is 4. The first kappa shape index (κ1) is 10.7. The molecule has 0 aliphatic carbocycles. The maximum atomic E-state index is 5.03. The van der Waals surface area contributed by atoms with Crippen LogP contribution in [-0.4, -0.2) is 17.1 Å². The Morgan fingerprint density at radius 3 is 2.67 bits per heavy atom. The number of thiazole rings is 2. The summed E-state index contributed by atoms with van der Waals surface area (Å²) in [4.78, 5) is 8.88. The van der Waals surface area contributed by atoms with Crippen molar-refractivity contribution in [3.63, 3.8) is 0 Å². The lowest BCUT2D eigenvalue weighted by Crippen LogP contribution is -1.91. The number of nitrogens with zero attached hydrogens (tertiary/aromatic N) is 2. The molecule has 2 aromatic heterocycles. The van der Waals surface area contributed by atoms with Crippen LogP contribution in [0.2, 0.25) is 0 Å². The van der Waals surface area contributed by atoms with Crippen molar-refractivity contribution in [2.45, 2.75) is 20.0 Å². The normalized spacial score (nSPS) is 10.8. The van der Waals surface area contributed by atoms with E-state index in [0.717, 1.165) is 27.8 Å². The van der Waals surface area contributed by atoms with E-state index in [4.69, 9.17) is 4.74 Å². The third kappa shape index (κ3) is 2.84. The van der Waals surface area contributed by atoms with E-state index in [-0.39, 0.29) is 0 Å². The topological polar surface area (TPSA) is 35.0 Å². The molecule has 5 heteroatoms. The average Bonchev–Trinajstić information content (AvgIpc) is 2.78. The molecule has 3 nitrogen and oxygen atoms in total. The van der Waals surface area contributed by atoms with Gasteiger partial charge in [0, 0.05) is 24.3 Å². The van der Waals surface area contributed by atoms with Crippen molar-refractivity contribution < 1.29 is 4.74 Å². The highest BCUT2D eigenvalue weighted by Gasteiger charge is 2.05. The summed E-state index contributed by atoms with van der Waals surface area (Å²) >= 11 is 3.35. The van der Waals surface area contributed by atoms with E-state index in [2.05, 4.69) is 15.3 Å². The maximum Gasteiger partial charge on any atom is 0.0989 e. The van der Waals surface area contributed by atoms with Crippen LogP contribution in [0.1, 0.15) is 21.4 Å². The molecule has 0 saturated carbocycles. The van der Waals surface area contributed by atoms with Crippen LogP contribution in [0.15, 0.2) is 10.8 Å². The Morgan fingerprint density at radius 2 is 2.00 bits per heavy atom. The second-order valence-electron chi connectivity index (χ2n) is 3.20. The molecule has 0 bridgehead atoms. The van der Waals surface area contributed by atoms with Crippen molar-refractivity contribution in [3.05, 3.63) is 32.2 Å². The summed E-state index contributed by atoms with van der Waals surface area (Å²) < 4.78 is 5.03. The first-order valence-electron chi connectivity index (χ1n) is 4.61. The van der Waals surface area contributed by atoms with Gasteiger partial charge in [-0.25, -0.2) is 9.97 Å². The molecule has 0 unspecified atom stereocenters. The largest absolute Gasteiger partial charge is 0.378 e. The predicted molar refractivity (Wildman–Crippen MR) is 62.5 cm³/mol. The summed E-state index contributed by atoms with van der Waals surface area (Å²) in [5, 5.41) is 6.34. The molecule has 15 heavy (non-hydrogen) atoms. The van der Waals surface area contributed by atoms with Crippen LogP contribution in [0.5, 0.6) is 0 Å². The molecule has 0 aliphatic heterocycles. The Balaban J connectivity index is 2.04. The van der Waals surface area contributed by atoms with E-state index in [0.29, 0.717) is 6.61 Å². The van der Waals surface area contributed by atoms with Crippen LogP contribution in [-0.2, 0) is 17.8 Å². The van der Waals surface area contributed by atoms with Gasteiger partial charge in [-0.2, -0.15) is 0 Å². The van der Waals surface area contributed by atoms with Crippen LogP contribution < -0.4 is 0 Å². The molecular formula is C10H12N2OS2. The summed E-state index contributed by atoms with van der Waals surface area (Å²) in [6.07, 6.45) is 0.832. The Hall–Kier alpha value is -0.780. The summed E-state index contributed by atoms with van der Waals surface area (Å²) in [6.45, 7) is 2.61. The zero-order valence-corrected chi connectivity index (χ0v) is 10.3. The minimum atomic E-state index is 0.590.